The van der Waals surface area contributed by atoms with Crippen LogP contribution in [-0.4, -0.2) is 58.5 Å². The summed E-state index contributed by atoms with van der Waals surface area (Å²) in [6, 6.07) is 16.7. The van der Waals surface area contributed by atoms with Gasteiger partial charge in [0.05, 0.1) is 39.7 Å². The molecule has 0 bridgehead atoms. The highest BCUT2D eigenvalue weighted by molar-refractivity contribution is 5.95. The van der Waals surface area contributed by atoms with E-state index in [0.717, 1.165) is 0 Å². The van der Waals surface area contributed by atoms with Gasteiger partial charge in [-0.15, -0.1) is 0 Å². The number of carbonyl (C=O) groups excluding carboxylic acids is 3. The fourth-order valence-electron chi connectivity index (χ4n) is 3.69. The Kier molecular flexibility index (Phi) is 11.5. The molecule has 0 aliphatic heterocycles. The highest BCUT2D eigenvalue weighted by Crippen LogP contribution is 2.38. The monoisotopic (exact) mass is 563 g/mol. The minimum atomic E-state index is -0.500. The molecule has 3 aromatic rings. The first kappa shape index (κ1) is 30.5. The van der Waals surface area contributed by atoms with Crippen LogP contribution < -0.4 is 34.4 Å². The summed E-state index contributed by atoms with van der Waals surface area (Å²) in [7, 11) is 4.42. The SMILES string of the molecule is CCOc1cc(/C=N/NC(=O)CCCNC(=O)c2cc(OC)c(OC)c(OC)c2)ccc1OC(=O)c1ccccc1. The maximum atomic E-state index is 12.6. The molecule has 0 radical (unpaired) electrons. The van der Waals surface area contributed by atoms with Crippen molar-refractivity contribution in [2.24, 2.45) is 5.10 Å². The molecule has 3 rings (SSSR count). The summed E-state index contributed by atoms with van der Waals surface area (Å²) in [6.45, 7) is 2.45. The minimum Gasteiger partial charge on any atom is -0.493 e. The first-order chi connectivity index (χ1) is 19.9. The zero-order valence-corrected chi connectivity index (χ0v) is 23.4. The second kappa shape index (κ2) is 15.5. The molecule has 2 amide bonds. The van der Waals surface area contributed by atoms with Gasteiger partial charge in [0.25, 0.3) is 5.91 Å². The Morgan fingerprint density at radius 1 is 0.829 bits per heavy atom. The molecular formula is C30H33N3O8. The molecule has 0 aliphatic carbocycles. The van der Waals surface area contributed by atoms with Crippen LogP contribution in [0.15, 0.2) is 65.8 Å². The Morgan fingerprint density at radius 3 is 2.17 bits per heavy atom. The summed E-state index contributed by atoms with van der Waals surface area (Å²) >= 11 is 0. The van der Waals surface area contributed by atoms with E-state index in [4.69, 9.17) is 23.7 Å². The lowest BCUT2D eigenvalue weighted by Gasteiger charge is -2.14. The molecule has 0 saturated carbocycles. The quantitative estimate of drug-likeness (QED) is 0.0989. The van der Waals surface area contributed by atoms with Gasteiger partial charge in [0.15, 0.2) is 23.0 Å². The molecule has 0 aliphatic rings. The predicted octanol–water partition coefficient (Wildman–Crippen LogP) is 3.99. The fraction of sp³-hybridized carbons (Fsp3) is 0.267. The third-order valence-electron chi connectivity index (χ3n) is 5.68. The van der Waals surface area contributed by atoms with Gasteiger partial charge in [0.2, 0.25) is 11.7 Å². The van der Waals surface area contributed by atoms with Crippen molar-refractivity contribution in [1.29, 1.82) is 0 Å². The lowest BCUT2D eigenvalue weighted by atomic mass is 10.1. The van der Waals surface area contributed by atoms with Crippen molar-refractivity contribution in [3.8, 4) is 28.7 Å². The van der Waals surface area contributed by atoms with Crippen molar-refractivity contribution in [2.75, 3.05) is 34.5 Å². The third kappa shape index (κ3) is 8.72. The second-order valence-corrected chi connectivity index (χ2v) is 8.46. The topological polar surface area (TPSA) is 134 Å². The maximum Gasteiger partial charge on any atom is 0.343 e. The van der Waals surface area contributed by atoms with Crippen LogP contribution in [0.4, 0.5) is 0 Å². The Hall–Kier alpha value is -5.06. The molecule has 0 fully saturated rings. The predicted molar refractivity (Wildman–Crippen MR) is 152 cm³/mol. The van der Waals surface area contributed by atoms with E-state index >= 15 is 0 Å². The maximum absolute atomic E-state index is 12.6. The van der Waals surface area contributed by atoms with Crippen LogP contribution in [0.2, 0.25) is 0 Å². The van der Waals surface area contributed by atoms with Crippen LogP contribution in [0.5, 0.6) is 28.7 Å². The zero-order chi connectivity index (χ0) is 29.6. The van der Waals surface area contributed by atoms with Crippen LogP contribution in [0, 0.1) is 0 Å². The average molecular weight is 564 g/mol. The van der Waals surface area contributed by atoms with E-state index < -0.39 is 5.97 Å². The summed E-state index contributed by atoms with van der Waals surface area (Å²) in [5, 5.41) is 6.75. The zero-order valence-electron chi connectivity index (χ0n) is 23.4. The number of nitrogens with zero attached hydrogens (tertiary/aromatic N) is 1. The highest BCUT2D eigenvalue weighted by atomic mass is 16.6. The van der Waals surface area contributed by atoms with Gasteiger partial charge in [-0.05, 0) is 61.4 Å². The highest BCUT2D eigenvalue weighted by Gasteiger charge is 2.17. The van der Waals surface area contributed by atoms with E-state index in [1.165, 1.54) is 27.5 Å². The number of methoxy groups -OCH3 is 3. The van der Waals surface area contributed by atoms with Crippen LogP contribution in [0.3, 0.4) is 0 Å². The van der Waals surface area contributed by atoms with E-state index in [-0.39, 0.29) is 30.5 Å². The van der Waals surface area contributed by atoms with Gasteiger partial charge in [-0.3, -0.25) is 9.59 Å². The lowest BCUT2D eigenvalue weighted by molar-refractivity contribution is -0.121. The number of esters is 1. The van der Waals surface area contributed by atoms with E-state index in [1.807, 2.05) is 13.0 Å². The minimum absolute atomic E-state index is 0.144. The first-order valence-corrected chi connectivity index (χ1v) is 12.8. The van der Waals surface area contributed by atoms with Crippen LogP contribution in [0.1, 0.15) is 46.0 Å². The molecule has 41 heavy (non-hydrogen) atoms. The van der Waals surface area contributed by atoms with Crippen molar-refractivity contribution in [1.82, 2.24) is 10.7 Å². The molecule has 0 atom stereocenters. The molecule has 0 spiro atoms. The normalized spacial score (nSPS) is 10.5. The van der Waals surface area contributed by atoms with Gasteiger partial charge in [0.1, 0.15) is 0 Å². The molecular weight excluding hydrogens is 530 g/mol. The van der Waals surface area contributed by atoms with Gasteiger partial charge >= 0.3 is 5.97 Å². The Labute approximate surface area is 238 Å². The number of benzene rings is 3. The molecule has 216 valence electrons. The van der Waals surface area contributed by atoms with Gasteiger partial charge in [0, 0.05) is 18.5 Å². The third-order valence-corrected chi connectivity index (χ3v) is 5.68. The number of hydrogen-bond acceptors (Lipinski definition) is 9. The molecule has 11 nitrogen and oxygen atoms in total. The van der Waals surface area contributed by atoms with Crippen LogP contribution >= 0.6 is 0 Å². The van der Waals surface area contributed by atoms with Crippen molar-refractivity contribution < 1.29 is 38.1 Å². The van der Waals surface area contributed by atoms with E-state index in [0.29, 0.717) is 52.7 Å². The number of amides is 2. The number of ether oxygens (including phenoxy) is 5. The molecule has 2 N–H and O–H groups in total. The van der Waals surface area contributed by atoms with Crippen LogP contribution in [0.25, 0.3) is 0 Å². The molecule has 0 aromatic heterocycles. The average Bonchev–Trinajstić information content (AvgIpc) is 3.00. The number of rotatable bonds is 14. The summed E-state index contributed by atoms with van der Waals surface area (Å²) in [5.74, 6) is 0.605. The summed E-state index contributed by atoms with van der Waals surface area (Å²) in [4.78, 5) is 37.2. The van der Waals surface area contributed by atoms with Crippen molar-refractivity contribution in [3.05, 3.63) is 77.4 Å². The molecule has 0 saturated heterocycles. The van der Waals surface area contributed by atoms with Crippen molar-refractivity contribution >= 4 is 24.0 Å². The Bertz CT molecular complexity index is 1350. The molecule has 0 heterocycles. The Morgan fingerprint density at radius 2 is 1.54 bits per heavy atom. The van der Waals surface area contributed by atoms with E-state index in [2.05, 4.69) is 15.8 Å². The van der Waals surface area contributed by atoms with Gasteiger partial charge in [-0.25, -0.2) is 10.2 Å². The van der Waals surface area contributed by atoms with Gasteiger partial charge < -0.3 is 29.0 Å². The van der Waals surface area contributed by atoms with Gasteiger partial charge in [-0.1, -0.05) is 18.2 Å². The number of nitrogens with one attached hydrogen (secondary N) is 2. The summed E-state index contributed by atoms with van der Waals surface area (Å²) < 4.78 is 26.9. The van der Waals surface area contributed by atoms with E-state index in [9.17, 15) is 14.4 Å². The number of hydrogen-bond donors (Lipinski definition) is 2. The van der Waals surface area contributed by atoms with Gasteiger partial charge in [-0.2, -0.15) is 5.10 Å². The lowest BCUT2D eigenvalue weighted by Crippen LogP contribution is -2.26. The first-order valence-electron chi connectivity index (χ1n) is 12.8. The smallest absolute Gasteiger partial charge is 0.343 e. The van der Waals surface area contributed by atoms with Crippen molar-refractivity contribution in [2.45, 2.75) is 19.8 Å². The fourth-order valence-corrected chi connectivity index (χ4v) is 3.69. The molecule has 0 unspecified atom stereocenters. The number of hydrazone groups is 1. The second-order valence-electron chi connectivity index (χ2n) is 8.46. The standard InChI is InChI=1S/C30H33N3O8/c1-5-40-24-16-20(13-14-23(24)41-30(36)21-10-7-6-8-11-21)19-32-33-27(34)12-9-15-31-29(35)22-17-25(37-2)28(39-4)26(18-22)38-3/h6-8,10-11,13-14,16-19H,5,9,12,15H2,1-4H3,(H,31,35)(H,33,34)/b32-19+. The molecule has 11 heteroatoms. The Balaban J connectivity index is 1.48. The number of carbonyl (C=O) groups is 3. The van der Waals surface area contributed by atoms with E-state index in [1.54, 1.807) is 54.6 Å². The summed E-state index contributed by atoms with van der Waals surface area (Å²) in [5.41, 5.74) is 3.84. The molecule has 3 aromatic carbocycles. The largest absolute Gasteiger partial charge is 0.493 e. The van der Waals surface area contributed by atoms with Crippen LogP contribution in [-0.2, 0) is 4.79 Å². The van der Waals surface area contributed by atoms with Crippen molar-refractivity contribution in [3.63, 3.8) is 0 Å². The summed E-state index contributed by atoms with van der Waals surface area (Å²) in [6.07, 6.45) is 1.99.